The highest BCUT2D eigenvalue weighted by Gasteiger charge is 2.03. The van der Waals surface area contributed by atoms with Crippen LogP contribution in [-0.4, -0.2) is 16.3 Å². The quantitative estimate of drug-likeness (QED) is 0.304. The number of para-hydroxylation sites is 1. The summed E-state index contributed by atoms with van der Waals surface area (Å²) in [7, 11) is 0. The zero-order valence-corrected chi connectivity index (χ0v) is 17.2. The maximum Gasteiger partial charge on any atom is 0.192 e. The lowest BCUT2D eigenvalue weighted by molar-refractivity contribution is -0.103. The summed E-state index contributed by atoms with van der Waals surface area (Å²) < 4.78 is 5.82. The number of anilines is 4. The first-order chi connectivity index (χ1) is 15.8. The molecule has 0 aliphatic rings. The van der Waals surface area contributed by atoms with Crippen LogP contribution in [0.2, 0.25) is 0 Å². The van der Waals surface area contributed by atoms with Crippen molar-refractivity contribution in [1.82, 2.24) is 9.97 Å². The van der Waals surface area contributed by atoms with Crippen molar-refractivity contribution in [3.63, 3.8) is 0 Å². The van der Waals surface area contributed by atoms with Gasteiger partial charge in [0, 0.05) is 23.9 Å². The molecule has 32 heavy (non-hydrogen) atoms. The van der Waals surface area contributed by atoms with Gasteiger partial charge in [-0.1, -0.05) is 36.3 Å². The molecule has 0 spiro atoms. The Balaban J connectivity index is 1.40. The van der Waals surface area contributed by atoms with E-state index in [0.717, 1.165) is 28.4 Å². The Labute approximate surface area is 186 Å². The van der Waals surface area contributed by atoms with Gasteiger partial charge in [-0.25, -0.2) is 9.97 Å². The second kappa shape index (κ2) is 10.4. The predicted molar refractivity (Wildman–Crippen MR) is 126 cm³/mol. The Kier molecular flexibility index (Phi) is 6.72. The zero-order valence-electron chi connectivity index (χ0n) is 17.2. The second-order valence-corrected chi connectivity index (χ2v) is 6.79. The number of nitrogens with zero attached hydrogens (tertiary/aromatic N) is 2. The molecular formula is C26H20N4O2. The van der Waals surface area contributed by atoms with Crippen molar-refractivity contribution in [2.45, 2.75) is 6.42 Å². The SMILES string of the molecule is O=CC#CCc1cccc(Nc2cc(Nc3ccc(Oc4ccccc4)cc3)ncn2)c1. The van der Waals surface area contributed by atoms with Crippen molar-refractivity contribution in [1.29, 1.82) is 0 Å². The number of aromatic nitrogens is 2. The highest BCUT2D eigenvalue weighted by molar-refractivity contribution is 5.72. The van der Waals surface area contributed by atoms with Crippen LogP contribution < -0.4 is 15.4 Å². The molecule has 0 bridgehead atoms. The van der Waals surface area contributed by atoms with Gasteiger partial charge < -0.3 is 15.4 Å². The summed E-state index contributed by atoms with van der Waals surface area (Å²) in [6.45, 7) is 0. The predicted octanol–water partition coefficient (Wildman–Crippen LogP) is 5.50. The summed E-state index contributed by atoms with van der Waals surface area (Å²) in [4.78, 5) is 18.9. The number of hydrogen-bond acceptors (Lipinski definition) is 6. The fourth-order valence-electron chi connectivity index (χ4n) is 2.97. The Morgan fingerprint density at radius 2 is 1.50 bits per heavy atom. The smallest absolute Gasteiger partial charge is 0.192 e. The summed E-state index contributed by atoms with van der Waals surface area (Å²) in [6, 6.07) is 26.9. The van der Waals surface area contributed by atoms with Gasteiger partial charge in [-0.2, -0.15) is 0 Å². The van der Waals surface area contributed by atoms with Crippen LogP contribution in [0.1, 0.15) is 5.56 Å². The molecule has 6 nitrogen and oxygen atoms in total. The van der Waals surface area contributed by atoms with Crippen molar-refractivity contribution in [3.8, 4) is 23.3 Å². The molecule has 6 heteroatoms. The van der Waals surface area contributed by atoms with E-state index >= 15 is 0 Å². The number of nitrogens with one attached hydrogen (secondary N) is 2. The van der Waals surface area contributed by atoms with Gasteiger partial charge in [0.05, 0.1) is 0 Å². The molecule has 0 unspecified atom stereocenters. The number of ether oxygens (including phenoxy) is 1. The van der Waals surface area contributed by atoms with Gasteiger partial charge in [0.2, 0.25) is 0 Å². The molecule has 0 amide bonds. The molecule has 0 saturated heterocycles. The first-order valence-electron chi connectivity index (χ1n) is 9.98. The Morgan fingerprint density at radius 3 is 2.25 bits per heavy atom. The Morgan fingerprint density at radius 1 is 0.781 bits per heavy atom. The van der Waals surface area contributed by atoms with Crippen LogP contribution in [0.3, 0.4) is 0 Å². The molecule has 0 saturated carbocycles. The minimum atomic E-state index is 0.509. The van der Waals surface area contributed by atoms with E-state index in [1.54, 1.807) is 0 Å². The summed E-state index contributed by atoms with van der Waals surface area (Å²) in [6.07, 6.45) is 2.60. The first-order valence-corrected chi connectivity index (χ1v) is 9.98. The van der Waals surface area contributed by atoms with Crippen LogP contribution in [0.5, 0.6) is 11.5 Å². The molecule has 0 fully saturated rings. The minimum Gasteiger partial charge on any atom is -0.457 e. The number of carbonyl (C=O) groups excluding carboxylic acids is 1. The minimum absolute atomic E-state index is 0.509. The van der Waals surface area contributed by atoms with Gasteiger partial charge in [-0.15, -0.1) is 0 Å². The number of carbonyl (C=O) groups is 1. The topological polar surface area (TPSA) is 76.1 Å². The van der Waals surface area contributed by atoms with Gasteiger partial charge in [0.15, 0.2) is 6.29 Å². The van der Waals surface area contributed by atoms with E-state index in [0.29, 0.717) is 24.3 Å². The summed E-state index contributed by atoms with van der Waals surface area (Å²) in [5.41, 5.74) is 2.77. The van der Waals surface area contributed by atoms with Gasteiger partial charge >= 0.3 is 0 Å². The standard InChI is InChI=1S/C26H20N4O2/c31-16-5-4-7-20-8-6-9-22(17-20)30-26-18-25(27-19-28-26)29-21-12-14-24(15-13-21)32-23-10-2-1-3-11-23/h1-3,6,8-19H,7H2,(H2,27,28,29,30). The fourth-order valence-corrected chi connectivity index (χ4v) is 2.97. The van der Waals surface area contributed by atoms with Crippen molar-refractivity contribution < 1.29 is 9.53 Å². The summed E-state index contributed by atoms with van der Waals surface area (Å²) in [5, 5.41) is 6.54. The van der Waals surface area contributed by atoms with Crippen molar-refractivity contribution in [2.75, 3.05) is 10.6 Å². The van der Waals surface area contributed by atoms with Gasteiger partial charge in [0.25, 0.3) is 0 Å². The van der Waals surface area contributed by atoms with Crippen molar-refractivity contribution in [2.24, 2.45) is 0 Å². The van der Waals surface area contributed by atoms with Crippen LogP contribution in [0.15, 0.2) is 91.3 Å². The number of aldehydes is 1. The molecule has 156 valence electrons. The van der Waals surface area contributed by atoms with E-state index in [1.807, 2.05) is 84.9 Å². The number of benzene rings is 3. The van der Waals surface area contributed by atoms with E-state index < -0.39 is 0 Å². The van der Waals surface area contributed by atoms with Gasteiger partial charge in [-0.05, 0) is 60.0 Å². The molecule has 0 radical (unpaired) electrons. The average molecular weight is 420 g/mol. The average Bonchev–Trinajstić information content (AvgIpc) is 2.82. The lowest BCUT2D eigenvalue weighted by Gasteiger charge is -2.10. The molecule has 3 aromatic carbocycles. The Bertz CT molecular complexity index is 1250. The van der Waals surface area contributed by atoms with Crippen LogP contribution in [0.4, 0.5) is 23.0 Å². The third-order valence-corrected chi connectivity index (χ3v) is 4.43. The molecule has 4 aromatic rings. The molecule has 0 atom stereocenters. The zero-order chi connectivity index (χ0) is 22.0. The third kappa shape index (κ3) is 5.94. The van der Waals surface area contributed by atoms with E-state index in [4.69, 9.17) is 4.74 Å². The monoisotopic (exact) mass is 420 g/mol. The molecule has 0 aliphatic heterocycles. The van der Waals surface area contributed by atoms with E-state index in [1.165, 1.54) is 6.33 Å². The normalized spacial score (nSPS) is 9.88. The lowest BCUT2D eigenvalue weighted by atomic mass is 10.1. The van der Waals surface area contributed by atoms with Crippen LogP contribution in [-0.2, 0) is 11.2 Å². The highest BCUT2D eigenvalue weighted by atomic mass is 16.5. The maximum atomic E-state index is 10.3. The van der Waals surface area contributed by atoms with Crippen molar-refractivity contribution in [3.05, 3.63) is 96.8 Å². The fraction of sp³-hybridized carbons (Fsp3) is 0.0385. The van der Waals surface area contributed by atoms with Crippen LogP contribution in [0, 0.1) is 11.8 Å². The largest absolute Gasteiger partial charge is 0.457 e. The summed E-state index contributed by atoms with van der Waals surface area (Å²) >= 11 is 0. The third-order valence-electron chi connectivity index (χ3n) is 4.43. The molecule has 4 rings (SSSR count). The lowest BCUT2D eigenvalue weighted by Crippen LogP contribution is -1.99. The highest BCUT2D eigenvalue weighted by Crippen LogP contribution is 2.25. The molecule has 1 aromatic heterocycles. The Hall–Kier alpha value is -4.63. The van der Waals surface area contributed by atoms with Crippen LogP contribution in [0.25, 0.3) is 0 Å². The maximum absolute atomic E-state index is 10.3. The van der Waals surface area contributed by atoms with Gasteiger partial charge in [0.1, 0.15) is 29.5 Å². The first kappa shape index (κ1) is 20.6. The van der Waals surface area contributed by atoms with E-state index in [-0.39, 0.29) is 0 Å². The molecule has 2 N–H and O–H groups in total. The molecule has 0 aliphatic carbocycles. The van der Waals surface area contributed by atoms with Crippen LogP contribution >= 0.6 is 0 Å². The number of rotatable bonds is 7. The van der Waals surface area contributed by atoms with E-state index in [2.05, 4.69) is 32.4 Å². The summed E-state index contributed by atoms with van der Waals surface area (Å²) in [5.74, 6) is 8.09. The second-order valence-electron chi connectivity index (χ2n) is 6.79. The molecule has 1 heterocycles. The van der Waals surface area contributed by atoms with Gasteiger partial charge in [-0.3, -0.25) is 4.79 Å². The van der Waals surface area contributed by atoms with E-state index in [9.17, 15) is 4.79 Å². The number of hydrogen-bond donors (Lipinski definition) is 2. The van der Waals surface area contributed by atoms with Crippen molar-refractivity contribution >= 4 is 29.3 Å². The molecular weight excluding hydrogens is 400 g/mol.